The van der Waals surface area contributed by atoms with E-state index in [1.807, 2.05) is 0 Å². The minimum atomic E-state index is -0.788. The van der Waals surface area contributed by atoms with E-state index in [1.54, 1.807) is 0 Å². The van der Waals surface area contributed by atoms with Gasteiger partial charge in [-0.05, 0) is 18.8 Å². The molecule has 0 aliphatic carbocycles. The molecule has 0 amide bonds. The summed E-state index contributed by atoms with van der Waals surface area (Å²) in [7, 11) is 0. The first-order chi connectivity index (χ1) is 8.64. The molecular formula is C15H24O3. The van der Waals surface area contributed by atoms with E-state index >= 15 is 0 Å². The van der Waals surface area contributed by atoms with Gasteiger partial charge in [0, 0.05) is 18.3 Å². The van der Waals surface area contributed by atoms with Crippen LogP contribution in [-0.2, 0) is 14.2 Å². The van der Waals surface area contributed by atoms with Crippen molar-refractivity contribution in [2.45, 2.75) is 51.9 Å². The van der Waals surface area contributed by atoms with Gasteiger partial charge in [0.05, 0.1) is 19.8 Å². The van der Waals surface area contributed by atoms with Gasteiger partial charge in [0.2, 0.25) is 0 Å². The number of ether oxygens (including phenoxy) is 3. The van der Waals surface area contributed by atoms with E-state index in [4.69, 9.17) is 20.6 Å². The van der Waals surface area contributed by atoms with Gasteiger partial charge in [-0.2, -0.15) is 0 Å². The number of rotatable bonds is 6. The molecule has 3 fully saturated rings. The molecule has 1 atom stereocenters. The molecule has 3 heteroatoms. The van der Waals surface area contributed by atoms with Gasteiger partial charge in [-0.15, -0.1) is 12.3 Å². The molecule has 0 saturated carbocycles. The third kappa shape index (κ3) is 2.88. The fourth-order valence-electron chi connectivity index (χ4n) is 2.82. The van der Waals surface area contributed by atoms with E-state index < -0.39 is 5.97 Å². The highest BCUT2D eigenvalue weighted by atomic mass is 16.9. The van der Waals surface area contributed by atoms with Crippen molar-refractivity contribution in [1.82, 2.24) is 0 Å². The van der Waals surface area contributed by atoms with Gasteiger partial charge in [0.25, 0.3) is 5.97 Å². The standard InChI is InChI=1S/C15H24O3/c1-4-6-7-13(3)9-15-16-10-14(8-5-2,11-17-15)12-18-15/h1,13H,5-12H2,2-3H3. The molecule has 0 radical (unpaired) electrons. The maximum atomic E-state index is 5.87. The lowest BCUT2D eigenvalue weighted by Gasteiger charge is -2.52. The van der Waals surface area contributed by atoms with Crippen LogP contribution in [-0.4, -0.2) is 25.8 Å². The average Bonchev–Trinajstić information content (AvgIpc) is 2.39. The maximum absolute atomic E-state index is 5.87. The predicted molar refractivity (Wildman–Crippen MR) is 69.8 cm³/mol. The van der Waals surface area contributed by atoms with Gasteiger partial charge in [-0.3, -0.25) is 0 Å². The Morgan fingerprint density at radius 3 is 2.33 bits per heavy atom. The molecule has 3 heterocycles. The van der Waals surface area contributed by atoms with Crippen LogP contribution in [0.2, 0.25) is 0 Å². The largest absolute Gasteiger partial charge is 0.327 e. The van der Waals surface area contributed by atoms with Crippen molar-refractivity contribution in [2.24, 2.45) is 11.3 Å². The third-order valence-corrected chi connectivity index (χ3v) is 3.96. The second-order valence-electron chi connectivity index (χ2n) is 5.85. The van der Waals surface area contributed by atoms with Crippen LogP contribution in [0, 0.1) is 23.7 Å². The maximum Gasteiger partial charge on any atom is 0.283 e. The number of hydrogen-bond acceptors (Lipinski definition) is 3. The van der Waals surface area contributed by atoms with E-state index in [1.165, 1.54) is 0 Å². The van der Waals surface area contributed by atoms with Crippen LogP contribution in [0.25, 0.3) is 0 Å². The van der Waals surface area contributed by atoms with Crippen molar-refractivity contribution in [3.8, 4) is 12.3 Å². The highest BCUT2D eigenvalue weighted by molar-refractivity contribution is 4.89. The summed E-state index contributed by atoms with van der Waals surface area (Å²) in [4.78, 5) is 0. The average molecular weight is 252 g/mol. The predicted octanol–water partition coefficient (Wildman–Crippen LogP) is 2.94. The highest BCUT2D eigenvalue weighted by Crippen LogP contribution is 2.44. The van der Waals surface area contributed by atoms with E-state index in [-0.39, 0.29) is 5.41 Å². The summed E-state index contributed by atoms with van der Waals surface area (Å²) in [6, 6.07) is 0. The Morgan fingerprint density at radius 2 is 1.83 bits per heavy atom. The van der Waals surface area contributed by atoms with Crippen LogP contribution in [0.4, 0.5) is 0 Å². The Morgan fingerprint density at radius 1 is 1.22 bits per heavy atom. The molecule has 0 spiro atoms. The third-order valence-electron chi connectivity index (χ3n) is 3.96. The minimum absolute atomic E-state index is 0.0958. The zero-order valence-electron chi connectivity index (χ0n) is 11.5. The molecule has 2 bridgehead atoms. The summed E-state index contributed by atoms with van der Waals surface area (Å²) in [6.07, 6.45) is 10.1. The molecular weight excluding hydrogens is 228 g/mol. The zero-order chi connectivity index (χ0) is 13.1. The lowest BCUT2D eigenvalue weighted by molar-refractivity contribution is -0.473. The van der Waals surface area contributed by atoms with Crippen LogP contribution >= 0.6 is 0 Å². The summed E-state index contributed by atoms with van der Waals surface area (Å²) in [5.74, 6) is 2.34. The SMILES string of the molecule is C#CCCC(C)CC12OCC(CCC)(CO1)CO2. The Kier molecular flexibility index (Phi) is 4.32. The van der Waals surface area contributed by atoms with Crippen LogP contribution in [0.5, 0.6) is 0 Å². The van der Waals surface area contributed by atoms with Crippen LogP contribution in [0.3, 0.4) is 0 Å². The first kappa shape index (κ1) is 13.9. The summed E-state index contributed by atoms with van der Waals surface area (Å²) in [6.45, 7) is 6.66. The van der Waals surface area contributed by atoms with Gasteiger partial charge in [-0.25, -0.2) is 0 Å². The quantitative estimate of drug-likeness (QED) is 0.680. The van der Waals surface area contributed by atoms with E-state index in [0.717, 1.165) is 51.9 Å². The normalized spacial score (nSPS) is 36.3. The fourth-order valence-corrected chi connectivity index (χ4v) is 2.82. The first-order valence-electron chi connectivity index (χ1n) is 6.99. The van der Waals surface area contributed by atoms with Crippen molar-refractivity contribution in [1.29, 1.82) is 0 Å². The second kappa shape index (κ2) is 5.61. The molecule has 0 aromatic carbocycles. The summed E-state index contributed by atoms with van der Waals surface area (Å²) < 4.78 is 17.6. The minimum Gasteiger partial charge on any atom is -0.327 e. The summed E-state index contributed by atoms with van der Waals surface area (Å²) in [5, 5.41) is 0. The first-order valence-corrected chi connectivity index (χ1v) is 6.99. The number of hydrogen-bond donors (Lipinski definition) is 0. The van der Waals surface area contributed by atoms with Crippen LogP contribution in [0.15, 0.2) is 0 Å². The van der Waals surface area contributed by atoms with Gasteiger partial charge < -0.3 is 14.2 Å². The van der Waals surface area contributed by atoms with Crippen molar-refractivity contribution in [3.63, 3.8) is 0 Å². The van der Waals surface area contributed by atoms with Gasteiger partial charge in [0.1, 0.15) is 0 Å². The molecule has 3 aliphatic rings. The highest BCUT2D eigenvalue weighted by Gasteiger charge is 2.52. The molecule has 0 N–H and O–H groups in total. The number of terminal acetylenes is 1. The molecule has 18 heavy (non-hydrogen) atoms. The second-order valence-corrected chi connectivity index (χ2v) is 5.85. The van der Waals surface area contributed by atoms with E-state index in [2.05, 4.69) is 19.8 Å². The smallest absolute Gasteiger partial charge is 0.283 e. The topological polar surface area (TPSA) is 27.7 Å². The summed E-state index contributed by atoms with van der Waals surface area (Å²) in [5.41, 5.74) is 0.0958. The molecule has 3 nitrogen and oxygen atoms in total. The monoisotopic (exact) mass is 252 g/mol. The Hall–Kier alpha value is -0.560. The van der Waals surface area contributed by atoms with Crippen LogP contribution < -0.4 is 0 Å². The molecule has 3 saturated heterocycles. The molecule has 102 valence electrons. The lowest BCUT2D eigenvalue weighted by atomic mass is 9.83. The Balaban J connectivity index is 1.87. The molecule has 3 aliphatic heterocycles. The molecule has 1 unspecified atom stereocenters. The van der Waals surface area contributed by atoms with Gasteiger partial charge >= 0.3 is 0 Å². The van der Waals surface area contributed by atoms with E-state index in [9.17, 15) is 0 Å². The van der Waals surface area contributed by atoms with Gasteiger partial charge in [-0.1, -0.05) is 20.3 Å². The Bertz CT molecular complexity index is 294. The van der Waals surface area contributed by atoms with Crippen molar-refractivity contribution in [2.75, 3.05) is 19.8 Å². The molecule has 0 aromatic heterocycles. The lowest BCUT2D eigenvalue weighted by Crippen LogP contribution is -2.60. The molecule has 0 aromatic rings. The zero-order valence-corrected chi connectivity index (χ0v) is 11.5. The van der Waals surface area contributed by atoms with Crippen molar-refractivity contribution >= 4 is 0 Å². The van der Waals surface area contributed by atoms with Crippen molar-refractivity contribution < 1.29 is 14.2 Å². The number of fused-ring (bicyclic) bond motifs is 3. The Labute approximate surface area is 110 Å². The van der Waals surface area contributed by atoms with Gasteiger partial charge in [0.15, 0.2) is 0 Å². The summed E-state index contributed by atoms with van der Waals surface area (Å²) >= 11 is 0. The van der Waals surface area contributed by atoms with Crippen LogP contribution in [0.1, 0.15) is 46.0 Å². The van der Waals surface area contributed by atoms with E-state index in [0.29, 0.717) is 5.92 Å². The van der Waals surface area contributed by atoms with Crippen molar-refractivity contribution in [3.05, 3.63) is 0 Å². The fraction of sp³-hybridized carbons (Fsp3) is 0.867. The molecule has 3 rings (SSSR count).